The lowest BCUT2D eigenvalue weighted by atomic mass is 10.2. The van der Waals surface area contributed by atoms with Gasteiger partial charge in [-0.1, -0.05) is 33.6 Å². The van der Waals surface area contributed by atoms with Crippen LogP contribution in [0.4, 0.5) is 4.39 Å². The minimum atomic E-state index is -0.391. The van der Waals surface area contributed by atoms with Crippen LogP contribution in [0.25, 0.3) is 11.4 Å². The van der Waals surface area contributed by atoms with Gasteiger partial charge >= 0.3 is 0 Å². The van der Waals surface area contributed by atoms with Crippen molar-refractivity contribution in [1.82, 2.24) is 14.8 Å². The van der Waals surface area contributed by atoms with Crippen molar-refractivity contribution in [2.75, 3.05) is 0 Å². The van der Waals surface area contributed by atoms with Gasteiger partial charge in [-0.3, -0.25) is 0 Å². The van der Waals surface area contributed by atoms with E-state index in [2.05, 4.69) is 26.1 Å². The van der Waals surface area contributed by atoms with Crippen LogP contribution in [-0.2, 0) is 5.33 Å². The number of benzene rings is 1. The normalized spacial score (nSPS) is 11.2. The van der Waals surface area contributed by atoms with Crippen molar-refractivity contribution in [1.29, 1.82) is 0 Å². The molecule has 0 bridgehead atoms. The Kier molecular flexibility index (Phi) is 4.02. The van der Waals surface area contributed by atoms with Gasteiger partial charge in [-0.2, -0.15) is 0 Å². The minimum absolute atomic E-state index is 0.123. The first-order valence-electron chi connectivity index (χ1n) is 5.50. The van der Waals surface area contributed by atoms with Crippen LogP contribution in [0, 0.1) is 5.82 Å². The Labute approximate surface area is 118 Å². The highest BCUT2D eigenvalue weighted by atomic mass is 79.9. The summed E-state index contributed by atoms with van der Waals surface area (Å²) in [5.41, 5.74) is 0.299. The average molecular weight is 333 g/mol. The molecule has 3 nitrogen and oxygen atoms in total. The lowest BCUT2D eigenvalue weighted by molar-refractivity contribution is 0.580. The van der Waals surface area contributed by atoms with E-state index in [9.17, 15) is 4.39 Å². The van der Waals surface area contributed by atoms with E-state index in [1.54, 1.807) is 12.1 Å². The van der Waals surface area contributed by atoms with Gasteiger partial charge < -0.3 is 4.57 Å². The maximum atomic E-state index is 13.9. The molecule has 0 aliphatic heterocycles. The van der Waals surface area contributed by atoms with Crippen LogP contribution >= 0.6 is 27.5 Å². The van der Waals surface area contributed by atoms with Crippen molar-refractivity contribution in [3.8, 4) is 11.4 Å². The molecule has 0 aliphatic carbocycles. The summed E-state index contributed by atoms with van der Waals surface area (Å²) in [5, 5.41) is 9.01. The number of nitrogens with zero attached hydrogens (tertiary/aromatic N) is 3. The van der Waals surface area contributed by atoms with Crippen LogP contribution in [0.5, 0.6) is 0 Å². The molecule has 0 spiro atoms. The molecule has 96 valence electrons. The van der Waals surface area contributed by atoms with Gasteiger partial charge in [0, 0.05) is 6.04 Å². The van der Waals surface area contributed by atoms with Gasteiger partial charge in [-0.25, -0.2) is 4.39 Å². The van der Waals surface area contributed by atoms with Gasteiger partial charge in [-0.05, 0) is 26.0 Å². The van der Waals surface area contributed by atoms with Crippen molar-refractivity contribution in [3.63, 3.8) is 0 Å². The highest BCUT2D eigenvalue weighted by Crippen LogP contribution is 2.31. The number of hydrogen-bond donors (Lipinski definition) is 0. The number of hydrogen-bond acceptors (Lipinski definition) is 2. The third-order valence-corrected chi connectivity index (χ3v) is 3.41. The highest BCUT2D eigenvalue weighted by Gasteiger charge is 2.20. The smallest absolute Gasteiger partial charge is 0.168 e. The molecule has 1 heterocycles. The molecule has 0 aliphatic rings. The molecule has 6 heteroatoms. The van der Waals surface area contributed by atoms with E-state index in [0.717, 1.165) is 5.82 Å². The number of rotatable bonds is 3. The average Bonchev–Trinajstić information content (AvgIpc) is 2.72. The molecular formula is C12H12BrClFN3. The summed E-state index contributed by atoms with van der Waals surface area (Å²) < 4.78 is 15.8. The SMILES string of the molecule is CC(C)n1c(CBr)nnc1-c1c(F)cccc1Cl. The molecule has 0 unspecified atom stereocenters. The number of halogens is 3. The fourth-order valence-corrected chi connectivity index (χ4v) is 2.47. The van der Waals surface area contributed by atoms with E-state index in [0.29, 0.717) is 21.7 Å². The van der Waals surface area contributed by atoms with Crippen LogP contribution < -0.4 is 0 Å². The Morgan fingerprint density at radius 2 is 2.11 bits per heavy atom. The van der Waals surface area contributed by atoms with Crippen LogP contribution in [-0.4, -0.2) is 14.8 Å². The van der Waals surface area contributed by atoms with Crippen molar-refractivity contribution in [2.24, 2.45) is 0 Å². The molecule has 0 saturated carbocycles. The predicted octanol–water partition coefficient (Wildman–Crippen LogP) is 4.21. The van der Waals surface area contributed by atoms with Crippen molar-refractivity contribution in [2.45, 2.75) is 25.2 Å². The zero-order chi connectivity index (χ0) is 13.3. The summed E-state index contributed by atoms with van der Waals surface area (Å²) >= 11 is 9.41. The van der Waals surface area contributed by atoms with Crippen LogP contribution in [0.3, 0.4) is 0 Å². The van der Waals surface area contributed by atoms with Gasteiger partial charge in [0.15, 0.2) is 5.82 Å². The second-order valence-corrected chi connectivity index (χ2v) is 5.10. The highest BCUT2D eigenvalue weighted by molar-refractivity contribution is 9.08. The number of aromatic nitrogens is 3. The molecule has 1 aromatic heterocycles. The van der Waals surface area contributed by atoms with E-state index < -0.39 is 5.82 Å². The summed E-state index contributed by atoms with van der Waals surface area (Å²) in [4.78, 5) is 0. The van der Waals surface area contributed by atoms with E-state index in [4.69, 9.17) is 11.6 Å². The summed E-state index contributed by atoms with van der Waals surface area (Å²) in [6.45, 7) is 3.99. The molecule has 0 radical (unpaired) electrons. The Balaban J connectivity index is 2.68. The fourth-order valence-electron chi connectivity index (χ4n) is 1.84. The van der Waals surface area contributed by atoms with Crippen molar-refractivity contribution < 1.29 is 4.39 Å². The maximum Gasteiger partial charge on any atom is 0.168 e. The first kappa shape index (κ1) is 13.5. The molecule has 1 aromatic carbocycles. The molecule has 0 fully saturated rings. The fraction of sp³-hybridized carbons (Fsp3) is 0.333. The van der Waals surface area contributed by atoms with E-state index in [-0.39, 0.29) is 6.04 Å². The summed E-state index contributed by atoms with van der Waals surface area (Å²) in [6, 6.07) is 4.71. The van der Waals surface area contributed by atoms with Crippen molar-refractivity contribution in [3.05, 3.63) is 34.9 Å². The zero-order valence-corrected chi connectivity index (χ0v) is 12.3. The lowest BCUT2D eigenvalue weighted by Crippen LogP contribution is -2.07. The Hall–Kier alpha value is -0.940. The van der Waals surface area contributed by atoms with E-state index >= 15 is 0 Å². The second-order valence-electron chi connectivity index (χ2n) is 4.13. The Morgan fingerprint density at radius 1 is 1.39 bits per heavy atom. The monoisotopic (exact) mass is 331 g/mol. The van der Waals surface area contributed by atoms with E-state index in [1.807, 2.05) is 18.4 Å². The van der Waals surface area contributed by atoms with Crippen LogP contribution in [0.15, 0.2) is 18.2 Å². The molecule has 0 saturated heterocycles. The molecule has 2 aromatic rings. The second kappa shape index (κ2) is 5.36. The van der Waals surface area contributed by atoms with Gasteiger partial charge in [0.05, 0.1) is 15.9 Å². The summed E-state index contributed by atoms with van der Waals surface area (Å²) in [6.07, 6.45) is 0. The van der Waals surface area contributed by atoms with Gasteiger partial charge in [0.2, 0.25) is 0 Å². The van der Waals surface area contributed by atoms with Gasteiger partial charge in [-0.15, -0.1) is 10.2 Å². The van der Waals surface area contributed by atoms with Gasteiger partial charge in [0.25, 0.3) is 0 Å². The summed E-state index contributed by atoms with van der Waals surface area (Å²) in [7, 11) is 0. The first-order valence-corrected chi connectivity index (χ1v) is 7.00. The third-order valence-electron chi connectivity index (χ3n) is 2.59. The molecular weight excluding hydrogens is 321 g/mol. The molecule has 2 rings (SSSR count). The summed E-state index contributed by atoms with van der Waals surface area (Å²) in [5.74, 6) is 0.819. The lowest BCUT2D eigenvalue weighted by Gasteiger charge is -2.14. The zero-order valence-electron chi connectivity index (χ0n) is 9.99. The maximum absolute atomic E-state index is 13.9. The van der Waals surface area contributed by atoms with Crippen molar-refractivity contribution >= 4 is 27.5 Å². The molecule has 0 N–H and O–H groups in total. The topological polar surface area (TPSA) is 30.7 Å². The Morgan fingerprint density at radius 3 is 2.67 bits per heavy atom. The number of alkyl halides is 1. The predicted molar refractivity (Wildman–Crippen MR) is 73.4 cm³/mol. The van der Waals surface area contributed by atoms with E-state index in [1.165, 1.54) is 6.07 Å². The Bertz CT molecular complexity index is 548. The van der Waals surface area contributed by atoms with Crippen LogP contribution in [0.2, 0.25) is 5.02 Å². The van der Waals surface area contributed by atoms with Crippen LogP contribution in [0.1, 0.15) is 25.7 Å². The molecule has 18 heavy (non-hydrogen) atoms. The molecule has 0 atom stereocenters. The quantitative estimate of drug-likeness (QED) is 0.788. The first-order chi connectivity index (χ1) is 8.56. The third kappa shape index (κ3) is 2.29. The standard InChI is InChI=1S/C12H12BrClFN3/c1-7(2)18-10(6-13)16-17-12(18)11-8(14)4-3-5-9(11)15/h3-5,7H,6H2,1-2H3. The minimum Gasteiger partial charge on any atom is -0.308 e. The van der Waals surface area contributed by atoms with Gasteiger partial charge in [0.1, 0.15) is 11.6 Å². The largest absolute Gasteiger partial charge is 0.308 e. The molecule has 0 amide bonds.